The van der Waals surface area contributed by atoms with Crippen molar-refractivity contribution in [3.8, 4) is 5.75 Å². The maximum atomic E-state index is 5.65. The number of ether oxygens (including phenoxy) is 2. The van der Waals surface area contributed by atoms with Crippen LogP contribution in [0.4, 0.5) is 0 Å². The smallest absolute Gasteiger partial charge is 0.119 e. The normalized spacial score (nSPS) is 16.2. The molecule has 4 heteroatoms. The van der Waals surface area contributed by atoms with Crippen molar-refractivity contribution in [1.82, 2.24) is 10.2 Å². The first kappa shape index (κ1) is 15.3. The summed E-state index contributed by atoms with van der Waals surface area (Å²) in [6.45, 7) is 9.68. The highest BCUT2D eigenvalue weighted by atomic mass is 16.5. The van der Waals surface area contributed by atoms with Gasteiger partial charge < -0.3 is 14.8 Å². The van der Waals surface area contributed by atoms with Crippen molar-refractivity contribution in [2.75, 3.05) is 52.5 Å². The third-order valence-corrected chi connectivity index (χ3v) is 3.59. The molecule has 0 aromatic heterocycles. The van der Waals surface area contributed by atoms with E-state index in [0.717, 1.165) is 51.5 Å². The van der Waals surface area contributed by atoms with Gasteiger partial charge in [0.2, 0.25) is 0 Å². The van der Waals surface area contributed by atoms with Gasteiger partial charge in [0.25, 0.3) is 0 Å². The molecule has 0 spiro atoms. The Morgan fingerprint density at radius 1 is 1.05 bits per heavy atom. The van der Waals surface area contributed by atoms with Crippen molar-refractivity contribution >= 4 is 0 Å². The number of benzene rings is 1. The zero-order valence-corrected chi connectivity index (χ0v) is 12.4. The zero-order valence-electron chi connectivity index (χ0n) is 12.4. The standard InChI is InChI=1S/C16H26N2O2/c1-2-15-3-5-16(6-4-15)20-14-13-19-12-11-18-9-7-17-8-10-18/h3-6,17H,2,7-14H2,1H3. The van der Waals surface area contributed by atoms with Crippen LogP contribution >= 0.6 is 0 Å². The van der Waals surface area contributed by atoms with Crippen molar-refractivity contribution in [2.45, 2.75) is 13.3 Å². The van der Waals surface area contributed by atoms with Crippen molar-refractivity contribution < 1.29 is 9.47 Å². The van der Waals surface area contributed by atoms with Gasteiger partial charge in [-0.05, 0) is 24.1 Å². The lowest BCUT2D eigenvalue weighted by Crippen LogP contribution is -2.44. The predicted molar refractivity (Wildman–Crippen MR) is 81.4 cm³/mol. The van der Waals surface area contributed by atoms with Gasteiger partial charge in [-0.25, -0.2) is 0 Å². The minimum Gasteiger partial charge on any atom is -0.491 e. The molecule has 1 N–H and O–H groups in total. The summed E-state index contributed by atoms with van der Waals surface area (Å²) in [5.41, 5.74) is 1.34. The fraction of sp³-hybridized carbons (Fsp3) is 0.625. The van der Waals surface area contributed by atoms with Crippen molar-refractivity contribution in [1.29, 1.82) is 0 Å². The monoisotopic (exact) mass is 278 g/mol. The molecule has 1 aliphatic rings. The van der Waals surface area contributed by atoms with Gasteiger partial charge in [-0.15, -0.1) is 0 Å². The summed E-state index contributed by atoms with van der Waals surface area (Å²) in [5, 5.41) is 3.35. The van der Waals surface area contributed by atoms with Gasteiger partial charge in [0, 0.05) is 32.7 Å². The molecule has 0 bridgehead atoms. The van der Waals surface area contributed by atoms with Crippen LogP contribution in [0.1, 0.15) is 12.5 Å². The average Bonchev–Trinajstić information content (AvgIpc) is 2.52. The number of aryl methyl sites for hydroxylation is 1. The van der Waals surface area contributed by atoms with E-state index in [1.807, 2.05) is 12.1 Å². The molecular weight excluding hydrogens is 252 g/mol. The minimum atomic E-state index is 0.618. The highest BCUT2D eigenvalue weighted by Crippen LogP contribution is 2.12. The Hall–Kier alpha value is -1.10. The Balaban J connectivity index is 1.50. The lowest BCUT2D eigenvalue weighted by Gasteiger charge is -2.26. The summed E-state index contributed by atoms with van der Waals surface area (Å²) in [6.07, 6.45) is 1.06. The number of hydrogen-bond donors (Lipinski definition) is 1. The number of rotatable bonds is 8. The Kier molecular flexibility index (Phi) is 6.84. The molecule has 1 fully saturated rings. The van der Waals surface area contributed by atoms with E-state index in [-0.39, 0.29) is 0 Å². The van der Waals surface area contributed by atoms with Gasteiger partial charge in [0.15, 0.2) is 0 Å². The van der Waals surface area contributed by atoms with E-state index in [1.165, 1.54) is 5.56 Å². The number of nitrogens with one attached hydrogen (secondary N) is 1. The maximum Gasteiger partial charge on any atom is 0.119 e. The van der Waals surface area contributed by atoms with Crippen LogP contribution in [-0.4, -0.2) is 57.4 Å². The maximum absolute atomic E-state index is 5.65. The summed E-state index contributed by atoms with van der Waals surface area (Å²) < 4.78 is 11.3. The molecule has 1 heterocycles. The van der Waals surface area contributed by atoms with E-state index in [9.17, 15) is 0 Å². The molecule has 1 aromatic carbocycles. The van der Waals surface area contributed by atoms with E-state index >= 15 is 0 Å². The Morgan fingerprint density at radius 2 is 1.80 bits per heavy atom. The number of hydrogen-bond acceptors (Lipinski definition) is 4. The second kappa shape index (κ2) is 8.95. The first-order valence-electron chi connectivity index (χ1n) is 7.61. The lowest BCUT2D eigenvalue weighted by atomic mass is 10.2. The molecule has 1 aromatic rings. The van der Waals surface area contributed by atoms with Crippen molar-refractivity contribution in [2.24, 2.45) is 0 Å². The average molecular weight is 278 g/mol. The third-order valence-electron chi connectivity index (χ3n) is 3.59. The molecule has 1 aliphatic heterocycles. The Morgan fingerprint density at radius 3 is 2.50 bits per heavy atom. The molecule has 0 saturated carbocycles. The molecule has 112 valence electrons. The van der Waals surface area contributed by atoms with Crippen LogP contribution in [0, 0.1) is 0 Å². The van der Waals surface area contributed by atoms with E-state index in [1.54, 1.807) is 0 Å². The predicted octanol–water partition coefficient (Wildman–Crippen LogP) is 1.55. The Labute approximate surface area is 122 Å². The van der Waals surface area contributed by atoms with Gasteiger partial charge >= 0.3 is 0 Å². The summed E-state index contributed by atoms with van der Waals surface area (Å²) in [6, 6.07) is 8.28. The van der Waals surface area contributed by atoms with Crippen molar-refractivity contribution in [3.63, 3.8) is 0 Å². The highest BCUT2D eigenvalue weighted by Gasteiger charge is 2.08. The summed E-state index contributed by atoms with van der Waals surface area (Å²) >= 11 is 0. The van der Waals surface area contributed by atoms with Crippen LogP contribution in [-0.2, 0) is 11.2 Å². The molecule has 1 saturated heterocycles. The van der Waals surface area contributed by atoms with E-state index in [0.29, 0.717) is 13.2 Å². The molecule has 0 atom stereocenters. The second-order valence-corrected chi connectivity index (χ2v) is 5.05. The zero-order chi connectivity index (χ0) is 14.0. The van der Waals surface area contributed by atoms with Crippen LogP contribution in [0.25, 0.3) is 0 Å². The molecule has 0 radical (unpaired) electrons. The molecule has 20 heavy (non-hydrogen) atoms. The molecule has 0 aliphatic carbocycles. The number of nitrogens with zero attached hydrogens (tertiary/aromatic N) is 1. The summed E-state index contributed by atoms with van der Waals surface area (Å²) in [5.74, 6) is 0.924. The highest BCUT2D eigenvalue weighted by molar-refractivity contribution is 5.27. The first-order chi connectivity index (χ1) is 9.88. The van der Waals surface area contributed by atoms with Gasteiger partial charge in [-0.2, -0.15) is 0 Å². The van der Waals surface area contributed by atoms with Gasteiger partial charge in [0.1, 0.15) is 12.4 Å². The van der Waals surface area contributed by atoms with Crippen LogP contribution in [0.5, 0.6) is 5.75 Å². The van der Waals surface area contributed by atoms with Crippen LogP contribution in [0.15, 0.2) is 24.3 Å². The van der Waals surface area contributed by atoms with Crippen LogP contribution in [0.3, 0.4) is 0 Å². The third kappa shape index (κ3) is 5.49. The summed E-state index contributed by atoms with van der Waals surface area (Å²) in [4.78, 5) is 2.43. The van der Waals surface area contributed by atoms with Gasteiger partial charge in [0.05, 0.1) is 13.2 Å². The van der Waals surface area contributed by atoms with E-state index in [4.69, 9.17) is 9.47 Å². The first-order valence-corrected chi connectivity index (χ1v) is 7.61. The van der Waals surface area contributed by atoms with Gasteiger partial charge in [-0.1, -0.05) is 19.1 Å². The molecular formula is C16H26N2O2. The minimum absolute atomic E-state index is 0.618. The Bertz CT molecular complexity index is 361. The lowest BCUT2D eigenvalue weighted by molar-refractivity contribution is 0.0767. The van der Waals surface area contributed by atoms with Crippen LogP contribution < -0.4 is 10.1 Å². The largest absolute Gasteiger partial charge is 0.491 e. The molecule has 4 nitrogen and oxygen atoms in total. The molecule has 0 unspecified atom stereocenters. The van der Waals surface area contributed by atoms with Crippen molar-refractivity contribution in [3.05, 3.63) is 29.8 Å². The van der Waals surface area contributed by atoms with Crippen LogP contribution in [0.2, 0.25) is 0 Å². The number of piperazine rings is 1. The summed E-state index contributed by atoms with van der Waals surface area (Å²) in [7, 11) is 0. The second-order valence-electron chi connectivity index (χ2n) is 5.05. The molecule has 0 amide bonds. The van der Waals surface area contributed by atoms with E-state index < -0.39 is 0 Å². The fourth-order valence-corrected chi connectivity index (χ4v) is 2.27. The molecule has 2 rings (SSSR count). The van der Waals surface area contributed by atoms with Gasteiger partial charge in [-0.3, -0.25) is 4.90 Å². The topological polar surface area (TPSA) is 33.7 Å². The van der Waals surface area contributed by atoms with E-state index in [2.05, 4.69) is 29.3 Å². The quantitative estimate of drug-likeness (QED) is 0.732. The SMILES string of the molecule is CCc1ccc(OCCOCCN2CCNCC2)cc1. The fourth-order valence-electron chi connectivity index (χ4n) is 2.27.